The summed E-state index contributed by atoms with van der Waals surface area (Å²) in [5, 5.41) is 39.3. The highest BCUT2D eigenvalue weighted by atomic mass is 32.1. The highest BCUT2D eigenvalue weighted by Crippen LogP contribution is 2.35. The van der Waals surface area contributed by atoms with Gasteiger partial charge in [-0.05, 0) is 162 Å². The van der Waals surface area contributed by atoms with Crippen LogP contribution in [0.4, 0.5) is 0 Å². The first-order valence-corrected chi connectivity index (χ1v) is 20.5. The van der Waals surface area contributed by atoms with Crippen LogP contribution in [-0.2, 0) is 25.7 Å². The van der Waals surface area contributed by atoms with Crippen LogP contribution < -0.4 is 5.63 Å². The van der Waals surface area contributed by atoms with E-state index in [4.69, 9.17) is 4.42 Å². The third kappa shape index (κ3) is 10.9. The number of hydrogen-bond donors (Lipinski definition) is 4. The van der Waals surface area contributed by atoms with Crippen molar-refractivity contribution in [1.29, 1.82) is 0 Å². The minimum absolute atomic E-state index is 0.1000. The number of phenols is 4. The molecular formula is C48H58O6S. The molecule has 0 amide bonds. The van der Waals surface area contributed by atoms with E-state index in [1.807, 2.05) is 50.2 Å². The molecule has 0 spiro atoms. The number of aromatic hydroxyl groups is 4. The van der Waals surface area contributed by atoms with Gasteiger partial charge in [0.05, 0.1) is 0 Å². The normalized spacial score (nSPS) is 15.9. The predicted octanol–water partition coefficient (Wildman–Crippen LogP) is 12.3. The van der Waals surface area contributed by atoms with Gasteiger partial charge in [0.15, 0.2) is 0 Å². The molecule has 4 aromatic carbocycles. The molecule has 0 saturated carbocycles. The molecule has 0 fully saturated rings. The van der Waals surface area contributed by atoms with Crippen molar-refractivity contribution in [1.82, 2.24) is 0 Å². The highest BCUT2D eigenvalue weighted by molar-refractivity contribution is 7.19. The lowest BCUT2D eigenvalue weighted by atomic mass is 9.78. The number of rotatable bonds is 4. The summed E-state index contributed by atoms with van der Waals surface area (Å²) in [6.45, 7) is 17.4. The fourth-order valence-electron chi connectivity index (χ4n) is 7.29. The Balaban J connectivity index is 0.000000141. The third-order valence-electron chi connectivity index (χ3n) is 11.0. The zero-order valence-electron chi connectivity index (χ0n) is 33.6. The second kappa shape index (κ2) is 18.3. The smallest absolute Gasteiger partial charge is 0.339 e. The second-order valence-corrected chi connectivity index (χ2v) is 17.6. The summed E-state index contributed by atoms with van der Waals surface area (Å²) in [6.07, 6.45) is 5.92. The lowest BCUT2D eigenvalue weighted by Gasteiger charge is -2.27. The van der Waals surface area contributed by atoms with Crippen molar-refractivity contribution < 1.29 is 24.8 Å². The maximum absolute atomic E-state index is 11.5. The van der Waals surface area contributed by atoms with E-state index in [2.05, 4.69) is 59.7 Å². The standard InChI is InChI=1S/C13H18O.C12H12O3.C12H16O.C11H12OS/c1-9(2)10-3-4-12-8-13(14)6-5-11(12)7-10;1-7(2)10-5-8-3-4-9(13)6-11(8)15-12(10)14;1-8(2)10-5-9-3-4-12(13)7-11(9)6-10;1-7(2)10-5-8-3-4-9(12)6-11(8)13-10/h5-6,8-10,14H,3-4,7H2,1-2H3;3-7,13H,1-2H3;3-4,7-8,10,13H,5-6H2,1-2H3;3-7,12H,1-2H3. The molecule has 0 aliphatic heterocycles. The van der Waals surface area contributed by atoms with Crippen LogP contribution >= 0.6 is 11.3 Å². The molecule has 2 atom stereocenters. The monoisotopic (exact) mass is 762 g/mol. The number of phenolic OH excluding ortho intramolecular Hbond substituents is 4. The van der Waals surface area contributed by atoms with E-state index in [9.17, 15) is 25.2 Å². The first-order chi connectivity index (χ1) is 26.1. The van der Waals surface area contributed by atoms with E-state index < -0.39 is 0 Å². The maximum Gasteiger partial charge on any atom is 0.339 e. The molecule has 4 N–H and O–H groups in total. The molecule has 8 rings (SSSR count). The van der Waals surface area contributed by atoms with Gasteiger partial charge >= 0.3 is 5.63 Å². The largest absolute Gasteiger partial charge is 0.508 e. The van der Waals surface area contributed by atoms with Crippen molar-refractivity contribution in [2.75, 3.05) is 0 Å². The van der Waals surface area contributed by atoms with Crippen LogP contribution in [0.3, 0.4) is 0 Å². The van der Waals surface area contributed by atoms with Gasteiger partial charge in [-0.1, -0.05) is 67.5 Å². The van der Waals surface area contributed by atoms with Crippen molar-refractivity contribution in [3.05, 3.63) is 128 Å². The highest BCUT2D eigenvalue weighted by Gasteiger charge is 2.24. The van der Waals surface area contributed by atoms with Gasteiger partial charge < -0.3 is 24.8 Å². The fourth-order valence-corrected chi connectivity index (χ4v) is 8.39. The summed E-state index contributed by atoms with van der Waals surface area (Å²) in [4.78, 5) is 12.9. The van der Waals surface area contributed by atoms with E-state index in [1.165, 1.54) is 62.5 Å². The van der Waals surface area contributed by atoms with Gasteiger partial charge in [-0.2, -0.15) is 0 Å². The van der Waals surface area contributed by atoms with Crippen LogP contribution in [-0.4, -0.2) is 20.4 Å². The van der Waals surface area contributed by atoms with Crippen molar-refractivity contribution >= 4 is 32.4 Å². The van der Waals surface area contributed by atoms with Crippen LogP contribution in [0.15, 0.2) is 94.1 Å². The van der Waals surface area contributed by atoms with Gasteiger partial charge in [0.25, 0.3) is 0 Å². The molecule has 2 unspecified atom stereocenters. The molecule has 2 aliphatic carbocycles. The van der Waals surface area contributed by atoms with Crippen molar-refractivity contribution in [3.8, 4) is 23.0 Å². The number of hydrogen-bond acceptors (Lipinski definition) is 7. The number of benzene rings is 4. The van der Waals surface area contributed by atoms with Crippen LogP contribution in [0, 0.1) is 23.7 Å². The molecule has 55 heavy (non-hydrogen) atoms. The van der Waals surface area contributed by atoms with Crippen LogP contribution in [0.5, 0.6) is 23.0 Å². The Morgan fingerprint density at radius 2 is 1.09 bits per heavy atom. The summed E-state index contributed by atoms with van der Waals surface area (Å²) < 4.78 is 6.29. The molecule has 6 aromatic rings. The molecule has 6 nitrogen and oxygen atoms in total. The number of thiophene rings is 1. The lowest BCUT2D eigenvalue weighted by Crippen LogP contribution is -2.18. The quantitative estimate of drug-likeness (QED) is 0.133. The summed E-state index contributed by atoms with van der Waals surface area (Å²) in [6, 6.07) is 25.9. The Morgan fingerprint density at radius 1 is 0.564 bits per heavy atom. The van der Waals surface area contributed by atoms with E-state index in [0.717, 1.165) is 41.9 Å². The molecule has 2 heterocycles. The Bertz CT molecular complexity index is 2260. The predicted molar refractivity (Wildman–Crippen MR) is 228 cm³/mol. The van der Waals surface area contributed by atoms with Crippen molar-refractivity contribution in [2.24, 2.45) is 23.7 Å². The van der Waals surface area contributed by atoms with E-state index >= 15 is 0 Å². The summed E-state index contributed by atoms with van der Waals surface area (Å²) in [7, 11) is 0. The van der Waals surface area contributed by atoms with E-state index in [-0.39, 0.29) is 17.3 Å². The second-order valence-electron chi connectivity index (χ2n) is 16.5. The molecule has 292 valence electrons. The average Bonchev–Trinajstić information content (AvgIpc) is 3.76. The summed E-state index contributed by atoms with van der Waals surface area (Å²) in [5.74, 6) is 5.09. The zero-order valence-corrected chi connectivity index (χ0v) is 34.4. The topological polar surface area (TPSA) is 111 Å². The lowest BCUT2D eigenvalue weighted by molar-refractivity contribution is 0.342. The van der Waals surface area contributed by atoms with Crippen LogP contribution in [0.2, 0.25) is 0 Å². The minimum Gasteiger partial charge on any atom is -0.508 e. The molecule has 7 heteroatoms. The number of aryl methyl sites for hydroxylation is 1. The van der Waals surface area contributed by atoms with Crippen LogP contribution in [0.25, 0.3) is 21.1 Å². The maximum atomic E-state index is 11.5. The van der Waals surface area contributed by atoms with E-state index in [1.54, 1.807) is 35.6 Å². The average molecular weight is 763 g/mol. The molecule has 0 bridgehead atoms. The first kappa shape index (κ1) is 41.4. The van der Waals surface area contributed by atoms with Gasteiger partial charge in [0, 0.05) is 26.6 Å². The van der Waals surface area contributed by atoms with E-state index in [0.29, 0.717) is 34.3 Å². The van der Waals surface area contributed by atoms with Crippen molar-refractivity contribution in [3.63, 3.8) is 0 Å². The third-order valence-corrected chi connectivity index (χ3v) is 12.4. The van der Waals surface area contributed by atoms with Gasteiger partial charge in [-0.3, -0.25) is 0 Å². The Labute approximate surface area is 330 Å². The summed E-state index contributed by atoms with van der Waals surface area (Å²) >= 11 is 1.76. The van der Waals surface area contributed by atoms with Gasteiger partial charge in [0.1, 0.15) is 28.6 Å². The summed E-state index contributed by atoms with van der Waals surface area (Å²) in [5.41, 5.74) is 6.31. The zero-order chi connectivity index (χ0) is 40.0. The number of fused-ring (bicyclic) bond motifs is 4. The Kier molecular flexibility index (Phi) is 13.7. The van der Waals surface area contributed by atoms with Gasteiger partial charge in [-0.25, -0.2) is 4.79 Å². The minimum atomic E-state index is -0.330. The van der Waals surface area contributed by atoms with Gasteiger partial charge in [-0.15, -0.1) is 11.3 Å². The molecule has 0 radical (unpaired) electrons. The Morgan fingerprint density at radius 3 is 1.71 bits per heavy atom. The van der Waals surface area contributed by atoms with Crippen molar-refractivity contribution in [2.45, 2.75) is 99.3 Å². The molecular weight excluding hydrogens is 705 g/mol. The SMILES string of the molecule is CC(C)C1CCc2cc(O)ccc2C1.CC(C)C1Cc2ccc(O)cc2C1.CC(C)c1cc2ccc(O)cc2oc1=O.CC(C)c1cc2ccc(O)cc2s1. The molecule has 2 aromatic heterocycles. The molecule has 2 aliphatic rings. The fraction of sp³-hybridized carbons (Fsp3) is 0.396. The molecule has 0 saturated heterocycles. The first-order valence-electron chi connectivity index (χ1n) is 19.7. The Hall–Kier alpha value is -4.75. The van der Waals surface area contributed by atoms with Crippen LogP contribution in [0.1, 0.15) is 106 Å². The van der Waals surface area contributed by atoms with Gasteiger partial charge in [0.2, 0.25) is 0 Å².